The van der Waals surface area contributed by atoms with Crippen LogP contribution in [0.1, 0.15) is 12.7 Å². The summed E-state index contributed by atoms with van der Waals surface area (Å²) in [5, 5.41) is 4.49. The van der Waals surface area contributed by atoms with Gasteiger partial charge in [-0.05, 0) is 18.1 Å². The van der Waals surface area contributed by atoms with Crippen LogP contribution < -0.4 is 5.73 Å². The summed E-state index contributed by atoms with van der Waals surface area (Å²) in [6.45, 7) is 4.25. The van der Waals surface area contributed by atoms with E-state index in [1.165, 1.54) is 0 Å². The lowest BCUT2D eigenvalue weighted by Crippen LogP contribution is -2.29. The van der Waals surface area contributed by atoms with Crippen LogP contribution in [0.4, 0.5) is 0 Å². The molecule has 1 aliphatic heterocycles. The molecular formula is C15H19N5O. The van der Waals surface area contributed by atoms with Gasteiger partial charge in [0.2, 0.25) is 5.91 Å². The van der Waals surface area contributed by atoms with Gasteiger partial charge in [-0.2, -0.15) is 0 Å². The van der Waals surface area contributed by atoms with E-state index in [0.717, 1.165) is 18.1 Å². The Morgan fingerprint density at radius 2 is 2.10 bits per heavy atom. The van der Waals surface area contributed by atoms with Crippen LogP contribution >= 0.6 is 0 Å². The maximum absolute atomic E-state index is 11.4. The van der Waals surface area contributed by atoms with Crippen molar-refractivity contribution in [3.8, 4) is 5.69 Å². The molecule has 6 heteroatoms. The molecule has 2 heterocycles. The lowest BCUT2D eigenvalue weighted by molar-refractivity contribution is -0.122. The molecule has 2 atom stereocenters. The fourth-order valence-electron chi connectivity index (χ4n) is 2.84. The molecule has 0 spiro atoms. The first-order chi connectivity index (χ1) is 10.1. The third kappa shape index (κ3) is 2.95. The molecule has 0 unspecified atom stereocenters. The zero-order valence-electron chi connectivity index (χ0n) is 12.0. The predicted molar refractivity (Wildman–Crippen MR) is 78.5 cm³/mol. The van der Waals surface area contributed by atoms with Crippen molar-refractivity contribution in [2.24, 2.45) is 17.6 Å². The van der Waals surface area contributed by atoms with Crippen molar-refractivity contribution in [2.75, 3.05) is 13.1 Å². The van der Waals surface area contributed by atoms with Crippen LogP contribution in [0, 0.1) is 11.8 Å². The zero-order chi connectivity index (χ0) is 14.8. The molecule has 110 valence electrons. The molecule has 1 saturated heterocycles. The Kier molecular flexibility index (Phi) is 3.70. The molecule has 2 N–H and O–H groups in total. The first kappa shape index (κ1) is 13.8. The molecule has 6 nitrogen and oxygen atoms in total. The van der Waals surface area contributed by atoms with Crippen molar-refractivity contribution in [2.45, 2.75) is 13.5 Å². The third-order valence-corrected chi connectivity index (χ3v) is 3.98. The van der Waals surface area contributed by atoms with Crippen LogP contribution in [-0.4, -0.2) is 38.7 Å². The van der Waals surface area contributed by atoms with Crippen LogP contribution in [0.3, 0.4) is 0 Å². The quantitative estimate of drug-likeness (QED) is 0.902. The Hall–Kier alpha value is -2.21. The second-order valence-corrected chi connectivity index (χ2v) is 5.62. The van der Waals surface area contributed by atoms with Gasteiger partial charge in [-0.1, -0.05) is 25.1 Å². The second-order valence-electron chi connectivity index (χ2n) is 5.62. The first-order valence-electron chi connectivity index (χ1n) is 7.11. The molecule has 21 heavy (non-hydrogen) atoms. The SMILES string of the molecule is C[C@@H]1CN(Cc2ncn(-c3ccccc3)n2)C[C@H]1C(N)=O. The van der Waals surface area contributed by atoms with Gasteiger partial charge < -0.3 is 5.73 Å². The Balaban J connectivity index is 1.67. The molecule has 3 rings (SSSR count). The fourth-order valence-corrected chi connectivity index (χ4v) is 2.84. The molecule has 2 aromatic rings. The highest BCUT2D eigenvalue weighted by Gasteiger charge is 2.33. The van der Waals surface area contributed by atoms with Crippen molar-refractivity contribution >= 4 is 5.91 Å². The number of carbonyl (C=O) groups is 1. The summed E-state index contributed by atoms with van der Waals surface area (Å²) in [7, 11) is 0. The van der Waals surface area contributed by atoms with Crippen LogP contribution in [0.5, 0.6) is 0 Å². The van der Waals surface area contributed by atoms with Crippen LogP contribution in [0.2, 0.25) is 0 Å². The van der Waals surface area contributed by atoms with E-state index < -0.39 is 0 Å². The van der Waals surface area contributed by atoms with Crippen LogP contribution in [-0.2, 0) is 11.3 Å². The molecule has 0 saturated carbocycles. The number of nitrogens with two attached hydrogens (primary N) is 1. The molecule has 1 amide bonds. The summed E-state index contributed by atoms with van der Waals surface area (Å²) >= 11 is 0. The maximum atomic E-state index is 11.4. The van der Waals surface area contributed by atoms with E-state index in [2.05, 4.69) is 21.9 Å². The van der Waals surface area contributed by atoms with Gasteiger partial charge in [0.15, 0.2) is 5.82 Å². The lowest BCUT2D eigenvalue weighted by atomic mass is 9.98. The highest BCUT2D eigenvalue weighted by Crippen LogP contribution is 2.23. The number of hydrogen-bond donors (Lipinski definition) is 1. The average Bonchev–Trinajstić information content (AvgIpc) is 3.07. The summed E-state index contributed by atoms with van der Waals surface area (Å²) < 4.78 is 1.76. The van der Waals surface area contributed by atoms with Gasteiger partial charge in [0.1, 0.15) is 6.33 Å². The Morgan fingerprint density at radius 3 is 2.76 bits per heavy atom. The number of aromatic nitrogens is 3. The van der Waals surface area contributed by atoms with Gasteiger partial charge in [0.25, 0.3) is 0 Å². The normalized spacial score (nSPS) is 22.5. The number of nitrogens with zero attached hydrogens (tertiary/aromatic N) is 4. The summed E-state index contributed by atoms with van der Waals surface area (Å²) in [6, 6.07) is 9.88. The molecule has 1 fully saturated rings. The van der Waals surface area contributed by atoms with Crippen molar-refractivity contribution in [1.82, 2.24) is 19.7 Å². The van der Waals surface area contributed by atoms with Crippen molar-refractivity contribution in [3.63, 3.8) is 0 Å². The smallest absolute Gasteiger partial charge is 0.222 e. The Morgan fingerprint density at radius 1 is 1.33 bits per heavy atom. The number of rotatable bonds is 4. The van der Waals surface area contributed by atoms with E-state index in [4.69, 9.17) is 5.73 Å². The van der Waals surface area contributed by atoms with E-state index in [0.29, 0.717) is 19.0 Å². The van der Waals surface area contributed by atoms with Gasteiger partial charge in [-0.15, -0.1) is 5.10 Å². The van der Waals surface area contributed by atoms with Crippen LogP contribution in [0.15, 0.2) is 36.7 Å². The number of benzene rings is 1. The summed E-state index contributed by atoms with van der Waals surface area (Å²) in [4.78, 5) is 17.9. The maximum Gasteiger partial charge on any atom is 0.222 e. The Labute approximate surface area is 123 Å². The number of amides is 1. The summed E-state index contributed by atoms with van der Waals surface area (Å²) in [5.74, 6) is 0.767. The van der Waals surface area contributed by atoms with Gasteiger partial charge in [0.05, 0.1) is 18.2 Å². The predicted octanol–water partition coefficient (Wildman–Crippen LogP) is 0.821. The minimum atomic E-state index is -0.215. The fraction of sp³-hybridized carbons (Fsp3) is 0.400. The van der Waals surface area contributed by atoms with Crippen molar-refractivity contribution in [1.29, 1.82) is 0 Å². The number of carbonyl (C=O) groups excluding carboxylic acids is 1. The lowest BCUT2D eigenvalue weighted by Gasteiger charge is -2.12. The summed E-state index contributed by atoms with van der Waals surface area (Å²) in [6.07, 6.45) is 1.72. The van der Waals surface area contributed by atoms with E-state index in [-0.39, 0.29) is 11.8 Å². The highest BCUT2D eigenvalue weighted by atomic mass is 16.1. The molecule has 1 aromatic heterocycles. The number of hydrogen-bond acceptors (Lipinski definition) is 4. The topological polar surface area (TPSA) is 77.0 Å². The van der Waals surface area contributed by atoms with Crippen molar-refractivity contribution < 1.29 is 4.79 Å². The standard InChI is InChI=1S/C15H19N5O/c1-11-7-19(8-13(11)15(16)21)9-14-17-10-20(18-14)12-5-3-2-4-6-12/h2-6,10-11,13H,7-9H2,1H3,(H2,16,21)/t11-,13-/m1/s1. The van der Waals surface area contributed by atoms with Gasteiger partial charge in [-0.25, -0.2) is 9.67 Å². The Bertz CT molecular complexity index is 624. The van der Waals surface area contributed by atoms with E-state index >= 15 is 0 Å². The third-order valence-electron chi connectivity index (χ3n) is 3.98. The van der Waals surface area contributed by atoms with Gasteiger partial charge in [0, 0.05) is 13.1 Å². The van der Waals surface area contributed by atoms with E-state index in [1.807, 2.05) is 30.3 Å². The second kappa shape index (κ2) is 5.65. The number of primary amides is 1. The minimum absolute atomic E-state index is 0.0683. The largest absolute Gasteiger partial charge is 0.369 e. The number of likely N-dealkylation sites (tertiary alicyclic amines) is 1. The van der Waals surface area contributed by atoms with Crippen LogP contribution in [0.25, 0.3) is 5.69 Å². The molecule has 1 aromatic carbocycles. The number of para-hydroxylation sites is 1. The molecule has 1 aliphatic rings. The van der Waals surface area contributed by atoms with E-state index in [1.54, 1.807) is 11.0 Å². The minimum Gasteiger partial charge on any atom is -0.369 e. The van der Waals surface area contributed by atoms with E-state index in [9.17, 15) is 4.79 Å². The summed E-state index contributed by atoms with van der Waals surface area (Å²) in [5.41, 5.74) is 6.41. The molecule has 0 aliphatic carbocycles. The van der Waals surface area contributed by atoms with Crippen molar-refractivity contribution in [3.05, 3.63) is 42.5 Å². The van der Waals surface area contributed by atoms with Gasteiger partial charge >= 0.3 is 0 Å². The average molecular weight is 285 g/mol. The zero-order valence-corrected chi connectivity index (χ0v) is 12.0. The first-order valence-corrected chi connectivity index (χ1v) is 7.11. The molecular weight excluding hydrogens is 266 g/mol. The molecule has 0 radical (unpaired) electrons. The van der Waals surface area contributed by atoms with Gasteiger partial charge in [-0.3, -0.25) is 9.69 Å². The highest BCUT2D eigenvalue weighted by molar-refractivity contribution is 5.77. The monoisotopic (exact) mass is 285 g/mol. The molecule has 0 bridgehead atoms.